The van der Waals surface area contributed by atoms with E-state index in [1.54, 1.807) is 30.3 Å². The summed E-state index contributed by atoms with van der Waals surface area (Å²) < 4.78 is 16.2. The van der Waals surface area contributed by atoms with Gasteiger partial charge in [0.15, 0.2) is 23.0 Å². The highest BCUT2D eigenvalue weighted by Crippen LogP contribution is 2.32. The highest BCUT2D eigenvalue weighted by Gasteiger charge is 2.17. The summed E-state index contributed by atoms with van der Waals surface area (Å²) in [4.78, 5) is 16.9. The van der Waals surface area contributed by atoms with E-state index in [1.165, 1.54) is 0 Å². The van der Waals surface area contributed by atoms with E-state index in [-0.39, 0.29) is 18.6 Å². The third kappa shape index (κ3) is 2.56. The molecule has 0 radical (unpaired) electrons. The molecule has 24 heavy (non-hydrogen) atoms. The van der Waals surface area contributed by atoms with Crippen LogP contribution in [0.1, 0.15) is 36.0 Å². The smallest absolute Gasteiger partial charge is 0.255 e. The van der Waals surface area contributed by atoms with Gasteiger partial charge in [-0.15, -0.1) is 0 Å². The number of carbonyl (C=O) groups excluding carboxylic acids is 1. The second-order valence-electron chi connectivity index (χ2n) is 5.91. The summed E-state index contributed by atoms with van der Waals surface area (Å²) in [5, 5.41) is 2.86. The van der Waals surface area contributed by atoms with Crippen LogP contribution in [-0.2, 0) is 0 Å². The molecule has 6 heteroatoms. The molecular weight excluding hydrogens is 308 g/mol. The summed E-state index contributed by atoms with van der Waals surface area (Å²) in [5.74, 6) is 1.90. The number of nitrogens with one attached hydrogen (secondary N) is 1. The Bertz CT molecular complexity index is 930. The number of carbonyl (C=O) groups is 1. The minimum absolute atomic E-state index is 0.182. The number of rotatable bonds is 3. The van der Waals surface area contributed by atoms with E-state index in [0.717, 1.165) is 5.52 Å². The molecule has 0 aliphatic carbocycles. The molecule has 3 aromatic rings. The van der Waals surface area contributed by atoms with Crippen LogP contribution in [0, 0.1) is 0 Å². The van der Waals surface area contributed by atoms with Gasteiger partial charge in [-0.25, -0.2) is 4.98 Å². The third-order valence-electron chi connectivity index (χ3n) is 3.79. The summed E-state index contributed by atoms with van der Waals surface area (Å²) in [6.45, 7) is 4.22. The zero-order chi connectivity index (χ0) is 16.7. The number of ether oxygens (including phenoxy) is 2. The van der Waals surface area contributed by atoms with Gasteiger partial charge in [-0.2, -0.15) is 0 Å². The molecule has 0 unspecified atom stereocenters. The first-order valence-corrected chi connectivity index (χ1v) is 7.71. The summed E-state index contributed by atoms with van der Waals surface area (Å²) >= 11 is 0. The van der Waals surface area contributed by atoms with Crippen molar-refractivity contribution < 1.29 is 18.7 Å². The lowest BCUT2D eigenvalue weighted by molar-refractivity contribution is 0.102. The molecule has 0 saturated carbocycles. The van der Waals surface area contributed by atoms with Gasteiger partial charge < -0.3 is 19.2 Å². The van der Waals surface area contributed by atoms with Crippen molar-refractivity contribution in [2.75, 3.05) is 12.1 Å². The second-order valence-corrected chi connectivity index (χ2v) is 5.91. The van der Waals surface area contributed by atoms with Crippen LogP contribution in [0.2, 0.25) is 0 Å². The Kier molecular flexibility index (Phi) is 3.37. The monoisotopic (exact) mass is 324 g/mol. The molecule has 0 fully saturated rings. The van der Waals surface area contributed by atoms with Crippen LogP contribution in [0.5, 0.6) is 11.5 Å². The lowest BCUT2D eigenvalue weighted by Gasteiger charge is -2.05. The van der Waals surface area contributed by atoms with Crippen molar-refractivity contribution in [3.8, 4) is 11.5 Å². The number of aromatic nitrogens is 1. The van der Waals surface area contributed by atoms with Gasteiger partial charge in [0.1, 0.15) is 5.52 Å². The van der Waals surface area contributed by atoms with E-state index in [4.69, 9.17) is 13.9 Å². The molecule has 0 bridgehead atoms. The van der Waals surface area contributed by atoms with Crippen LogP contribution in [0.15, 0.2) is 40.8 Å². The van der Waals surface area contributed by atoms with Crippen molar-refractivity contribution >= 4 is 22.7 Å². The zero-order valence-corrected chi connectivity index (χ0v) is 13.3. The van der Waals surface area contributed by atoms with E-state index in [9.17, 15) is 4.79 Å². The third-order valence-corrected chi connectivity index (χ3v) is 3.79. The molecule has 1 amide bonds. The molecule has 0 spiro atoms. The first kappa shape index (κ1) is 14.6. The van der Waals surface area contributed by atoms with Gasteiger partial charge in [-0.3, -0.25) is 4.79 Å². The summed E-state index contributed by atoms with van der Waals surface area (Å²) in [6, 6.07) is 10.5. The van der Waals surface area contributed by atoms with E-state index >= 15 is 0 Å². The van der Waals surface area contributed by atoms with Crippen molar-refractivity contribution in [2.24, 2.45) is 0 Å². The van der Waals surface area contributed by atoms with Crippen LogP contribution < -0.4 is 14.8 Å². The quantitative estimate of drug-likeness (QED) is 0.790. The maximum atomic E-state index is 12.4. The Labute approximate surface area is 138 Å². The van der Waals surface area contributed by atoms with Gasteiger partial charge in [0, 0.05) is 17.2 Å². The number of anilines is 1. The number of amides is 1. The normalized spacial score (nSPS) is 12.8. The fraction of sp³-hybridized carbons (Fsp3) is 0.222. The van der Waals surface area contributed by atoms with Gasteiger partial charge in [-0.1, -0.05) is 13.8 Å². The fourth-order valence-corrected chi connectivity index (χ4v) is 2.51. The van der Waals surface area contributed by atoms with Crippen LogP contribution in [-0.4, -0.2) is 17.7 Å². The standard InChI is InChI=1S/C18H16N2O4/c1-10(2)18-20-13-8-12(4-6-14(13)24-18)19-17(21)11-3-5-15-16(7-11)23-9-22-15/h3-8,10H,9H2,1-2H3,(H,19,21). The molecule has 1 aromatic heterocycles. The van der Waals surface area contributed by atoms with E-state index in [2.05, 4.69) is 10.3 Å². The van der Waals surface area contributed by atoms with Gasteiger partial charge >= 0.3 is 0 Å². The molecule has 2 heterocycles. The van der Waals surface area contributed by atoms with Gasteiger partial charge in [0.05, 0.1) is 0 Å². The lowest BCUT2D eigenvalue weighted by atomic mass is 10.2. The van der Waals surface area contributed by atoms with E-state index < -0.39 is 0 Å². The highest BCUT2D eigenvalue weighted by atomic mass is 16.7. The van der Waals surface area contributed by atoms with Crippen LogP contribution in [0.4, 0.5) is 5.69 Å². The molecule has 1 aliphatic heterocycles. The number of fused-ring (bicyclic) bond motifs is 2. The Hall–Kier alpha value is -3.02. The maximum Gasteiger partial charge on any atom is 0.255 e. The predicted octanol–water partition coefficient (Wildman–Crippen LogP) is 3.93. The molecule has 2 aromatic carbocycles. The summed E-state index contributed by atoms with van der Waals surface area (Å²) in [7, 11) is 0. The van der Waals surface area contributed by atoms with Crippen molar-refractivity contribution in [1.29, 1.82) is 0 Å². The van der Waals surface area contributed by atoms with Gasteiger partial charge in [-0.05, 0) is 36.4 Å². The largest absolute Gasteiger partial charge is 0.454 e. The number of nitrogens with zero attached hydrogens (tertiary/aromatic N) is 1. The van der Waals surface area contributed by atoms with Gasteiger partial charge in [0.25, 0.3) is 5.91 Å². The summed E-state index contributed by atoms with van der Waals surface area (Å²) in [5.41, 5.74) is 2.60. The van der Waals surface area contributed by atoms with Crippen molar-refractivity contribution in [3.63, 3.8) is 0 Å². The van der Waals surface area contributed by atoms with Crippen molar-refractivity contribution in [3.05, 3.63) is 47.9 Å². The van der Waals surface area contributed by atoms with Crippen molar-refractivity contribution in [1.82, 2.24) is 4.98 Å². The average molecular weight is 324 g/mol. The molecule has 1 aliphatic rings. The SMILES string of the molecule is CC(C)c1nc2cc(NC(=O)c3ccc4c(c3)OCO4)ccc2o1. The minimum atomic E-state index is -0.222. The predicted molar refractivity (Wildman–Crippen MR) is 88.6 cm³/mol. The van der Waals surface area contributed by atoms with E-state index in [0.29, 0.717) is 34.2 Å². The second kappa shape index (κ2) is 5.56. The molecule has 4 rings (SSSR count). The number of oxazole rings is 1. The number of hydrogen-bond donors (Lipinski definition) is 1. The molecule has 0 saturated heterocycles. The molecular formula is C18H16N2O4. The van der Waals surface area contributed by atoms with Crippen LogP contribution >= 0.6 is 0 Å². The van der Waals surface area contributed by atoms with Gasteiger partial charge in [0.2, 0.25) is 6.79 Å². The lowest BCUT2D eigenvalue weighted by Crippen LogP contribution is -2.11. The number of hydrogen-bond acceptors (Lipinski definition) is 5. The zero-order valence-electron chi connectivity index (χ0n) is 13.3. The Morgan fingerprint density at radius 3 is 2.79 bits per heavy atom. The van der Waals surface area contributed by atoms with Crippen LogP contribution in [0.3, 0.4) is 0 Å². The average Bonchev–Trinajstić information content (AvgIpc) is 3.20. The fourth-order valence-electron chi connectivity index (χ4n) is 2.51. The Morgan fingerprint density at radius 1 is 1.12 bits per heavy atom. The first-order valence-electron chi connectivity index (χ1n) is 7.71. The molecule has 122 valence electrons. The minimum Gasteiger partial charge on any atom is -0.454 e. The maximum absolute atomic E-state index is 12.4. The molecule has 6 nitrogen and oxygen atoms in total. The molecule has 1 N–H and O–H groups in total. The number of benzene rings is 2. The Balaban J connectivity index is 1.58. The van der Waals surface area contributed by atoms with Crippen LogP contribution in [0.25, 0.3) is 11.1 Å². The van der Waals surface area contributed by atoms with Crippen molar-refractivity contribution in [2.45, 2.75) is 19.8 Å². The first-order chi connectivity index (χ1) is 11.6. The Morgan fingerprint density at radius 2 is 1.96 bits per heavy atom. The van der Waals surface area contributed by atoms with E-state index in [1.807, 2.05) is 19.9 Å². The molecule has 0 atom stereocenters. The highest BCUT2D eigenvalue weighted by molar-refractivity contribution is 6.05. The summed E-state index contributed by atoms with van der Waals surface area (Å²) in [6.07, 6.45) is 0. The topological polar surface area (TPSA) is 73.6 Å².